The van der Waals surface area contributed by atoms with Crippen molar-refractivity contribution in [2.24, 2.45) is 0 Å². The van der Waals surface area contributed by atoms with Crippen LogP contribution in [0.2, 0.25) is 0 Å². The number of benzene rings is 1. The van der Waals surface area contributed by atoms with Crippen LogP contribution >= 0.6 is 27.3 Å². The molecule has 1 aliphatic rings. The van der Waals surface area contributed by atoms with Gasteiger partial charge in [0.05, 0.1) is 21.8 Å². The Morgan fingerprint density at radius 3 is 2.37 bits per heavy atom. The van der Waals surface area contributed by atoms with Gasteiger partial charge >= 0.3 is 11.7 Å². The summed E-state index contributed by atoms with van der Waals surface area (Å²) in [5.74, 6) is -0.653. The van der Waals surface area contributed by atoms with Crippen LogP contribution in [0.4, 0.5) is 0 Å². The lowest BCUT2D eigenvalue weighted by atomic mass is 10.0. The van der Waals surface area contributed by atoms with E-state index in [0.29, 0.717) is 23.4 Å². The van der Waals surface area contributed by atoms with E-state index in [2.05, 4.69) is 15.9 Å². The molecule has 4 rings (SSSR count). The van der Waals surface area contributed by atoms with Gasteiger partial charge in [-0.3, -0.25) is 9.36 Å². The number of carbonyl (C=O) groups excluding carboxylic acids is 1. The zero-order chi connectivity index (χ0) is 27.8. The Hall–Kier alpha value is -2.27. The summed E-state index contributed by atoms with van der Waals surface area (Å²) in [6.07, 6.45) is 1.07. The molecule has 1 saturated heterocycles. The van der Waals surface area contributed by atoms with E-state index in [4.69, 9.17) is 14.2 Å². The molecule has 1 atom stereocenters. The molecule has 0 bridgehead atoms. The Labute approximate surface area is 234 Å². The highest BCUT2D eigenvalue weighted by Gasteiger charge is 2.39. The minimum Gasteiger partial charge on any atom is -0.458 e. The average Bonchev–Trinajstić information content (AvgIpc) is 3.15. The van der Waals surface area contributed by atoms with Crippen LogP contribution in [0.3, 0.4) is 0 Å². The molecule has 0 N–H and O–H groups in total. The van der Waals surface area contributed by atoms with E-state index >= 15 is 0 Å². The number of carbonyl (C=O) groups is 1. The maximum Gasteiger partial charge on any atom is 0.333 e. The zero-order valence-corrected chi connectivity index (χ0v) is 25.1. The molecule has 0 unspecified atom stereocenters. The number of ether oxygens (including phenoxy) is 3. The second-order valence-electron chi connectivity index (χ2n) is 11.1. The smallest absolute Gasteiger partial charge is 0.333 e. The molecular weight excluding hydrogens is 572 g/mol. The lowest BCUT2D eigenvalue weighted by molar-refractivity contribution is -0.164. The van der Waals surface area contributed by atoms with E-state index in [1.165, 1.54) is 11.3 Å². The van der Waals surface area contributed by atoms with Crippen LogP contribution in [0.5, 0.6) is 0 Å². The monoisotopic (exact) mass is 606 g/mol. The number of esters is 1. The predicted molar refractivity (Wildman–Crippen MR) is 152 cm³/mol. The maximum atomic E-state index is 14.1. The summed E-state index contributed by atoms with van der Waals surface area (Å²) in [6, 6.07) is 9.76. The summed E-state index contributed by atoms with van der Waals surface area (Å²) in [5.41, 5.74) is -1.77. The molecule has 3 heterocycles. The molecule has 1 aliphatic heterocycles. The maximum absolute atomic E-state index is 14.1. The number of aryl methyl sites for hydroxylation is 1. The molecule has 3 aromatic rings. The van der Waals surface area contributed by atoms with E-state index in [-0.39, 0.29) is 12.6 Å². The summed E-state index contributed by atoms with van der Waals surface area (Å²) in [6.45, 7) is 11.6. The van der Waals surface area contributed by atoms with Gasteiger partial charge in [0, 0.05) is 13.2 Å². The first-order chi connectivity index (χ1) is 17.8. The normalized spacial score (nSPS) is 16.1. The molecule has 2 aromatic heterocycles. The summed E-state index contributed by atoms with van der Waals surface area (Å²) >= 11 is 4.88. The van der Waals surface area contributed by atoms with Crippen LogP contribution in [0, 0.1) is 6.92 Å². The van der Waals surface area contributed by atoms with Gasteiger partial charge in [0.2, 0.25) is 0 Å². The number of rotatable bonds is 7. The van der Waals surface area contributed by atoms with E-state index < -0.39 is 34.5 Å². The minimum atomic E-state index is -1.54. The standard InChI is InChI=1S/C28H35BrN2O6S/c1-17-21-23(32)31(28(5,6)25(33)37-27(2,3)4)26(34)30(24(21)38-22(17)29)16-20(18-10-8-7-9-11-18)36-19-12-14-35-15-13-19/h7-11,19-20H,12-16H2,1-6H3/t20-/m0/s1. The number of nitrogens with zero attached hydrogens (tertiary/aromatic N) is 2. The fourth-order valence-corrected chi connectivity index (χ4v) is 6.26. The van der Waals surface area contributed by atoms with E-state index in [9.17, 15) is 14.4 Å². The third-order valence-corrected chi connectivity index (χ3v) is 8.84. The van der Waals surface area contributed by atoms with E-state index in [1.54, 1.807) is 39.2 Å². The fraction of sp³-hybridized carbons (Fsp3) is 0.536. The number of halogens is 1. The zero-order valence-electron chi connectivity index (χ0n) is 22.7. The van der Waals surface area contributed by atoms with Gasteiger partial charge in [-0.25, -0.2) is 14.2 Å². The SMILES string of the molecule is Cc1c(Br)sc2c1c(=O)n(C(C)(C)C(=O)OC(C)(C)C)c(=O)n2C[C@H](OC1CCOCC1)c1ccccc1. The number of thiophene rings is 1. The number of fused-ring (bicyclic) bond motifs is 1. The molecule has 206 valence electrons. The van der Waals surface area contributed by atoms with Crippen LogP contribution < -0.4 is 11.2 Å². The van der Waals surface area contributed by atoms with Crippen molar-refractivity contribution in [1.82, 2.24) is 9.13 Å². The van der Waals surface area contributed by atoms with Crippen molar-refractivity contribution in [1.29, 1.82) is 0 Å². The summed E-state index contributed by atoms with van der Waals surface area (Å²) < 4.78 is 21.0. The Morgan fingerprint density at radius 1 is 1.13 bits per heavy atom. The molecule has 1 aromatic carbocycles. The second-order valence-corrected chi connectivity index (χ2v) is 13.4. The first-order valence-corrected chi connectivity index (χ1v) is 14.4. The second kappa shape index (κ2) is 11.1. The van der Waals surface area contributed by atoms with Crippen molar-refractivity contribution in [3.8, 4) is 0 Å². The van der Waals surface area contributed by atoms with Crippen molar-refractivity contribution < 1.29 is 19.0 Å². The van der Waals surface area contributed by atoms with Gasteiger partial charge in [-0.15, -0.1) is 11.3 Å². The number of hydrogen-bond donors (Lipinski definition) is 0. The Kier molecular flexibility index (Phi) is 8.37. The summed E-state index contributed by atoms with van der Waals surface area (Å²) in [5, 5.41) is 0.399. The minimum absolute atomic E-state index is 0.0129. The van der Waals surface area contributed by atoms with Crippen molar-refractivity contribution in [3.63, 3.8) is 0 Å². The van der Waals surface area contributed by atoms with Crippen molar-refractivity contribution >= 4 is 43.5 Å². The van der Waals surface area contributed by atoms with Crippen molar-refractivity contribution in [2.75, 3.05) is 13.2 Å². The molecule has 0 spiro atoms. The molecule has 1 fully saturated rings. The molecule has 0 saturated carbocycles. The molecule has 38 heavy (non-hydrogen) atoms. The van der Waals surface area contributed by atoms with Crippen LogP contribution in [0.1, 0.15) is 64.7 Å². The highest BCUT2D eigenvalue weighted by Crippen LogP contribution is 2.34. The summed E-state index contributed by atoms with van der Waals surface area (Å²) in [4.78, 5) is 41.7. The number of aromatic nitrogens is 2. The van der Waals surface area contributed by atoms with Crippen LogP contribution in [0.15, 0.2) is 43.7 Å². The number of hydrogen-bond acceptors (Lipinski definition) is 7. The highest BCUT2D eigenvalue weighted by molar-refractivity contribution is 9.11. The first-order valence-electron chi connectivity index (χ1n) is 12.8. The molecule has 0 radical (unpaired) electrons. The third-order valence-electron chi connectivity index (χ3n) is 6.66. The molecule has 0 aliphatic carbocycles. The van der Waals surface area contributed by atoms with E-state index in [0.717, 1.165) is 32.3 Å². The van der Waals surface area contributed by atoms with Gasteiger partial charge in [-0.1, -0.05) is 30.3 Å². The van der Waals surface area contributed by atoms with E-state index in [1.807, 2.05) is 37.3 Å². The Bertz CT molecular complexity index is 1430. The molecule has 10 heteroatoms. The molecule has 0 amide bonds. The van der Waals surface area contributed by atoms with Crippen LogP contribution in [-0.4, -0.2) is 40.0 Å². The van der Waals surface area contributed by atoms with Gasteiger partial charge in [0.15, 0.2) is 0 Å². The third kappa shape index (κ3) is 5.83. The largest absolute Gasteiger partial charge is 0.458 e. The van der Waals surface area contributed by atoms with Crippen LogP contribution in [-0.2, 0) is 31.1 Å². The lowest BCUT2D eigenvalue weighted by Gasteiger charge is -2.31. The lowest BCUT2D eigenvalue weighted by Crippen LogP contribution is -2.54. The molecule has 8 nitrogen and oxygen atoms in total. The Morgan fingerprint density at radius 2 is 1.76 bits per heavy atom. The van der Waals surface area contributed by atoms with Crippen LogP contribution in [0.25, 0.3) is 10.2 Å². The summed E-state index contributed by atoms with van der Waals surface area (Å²) in [7, 11) is 0. The quantitative estimate of drug-likeness (QED) is 0.339. The van der Waals surface area contributed by atoms with Gasteiger partial charge in [0.1, 0.15) is 22.1 Å². The topological polar surface area (TPSA) is 88.8 Å². The Balaban J connectivity index is 1.89. The van der Waals surface area contributed by atoms with Gasteiger partial charge in [-0.05, 0) is 81.4 Å². The average molecular weight is 608 g/mol. The first kappa shape index (κ1) is 28.7. The predicted octanol–water partition coefficient (Wildman–Crippen LogP) is 5.31. The highest BCUT2D eigenvalue weighted by atomic mass is 79.9. The van der Waals surface area contributed by atoms with Crippen molar-refractivity contribution in [3.05, 3.63) is 66.1 Å². The van der Waals surface area contributed by atoms with Crippen molar-refractivity contribution in [2.45, 2.75) is 84.3 Å². The van der Waals surface area contributed by atoms with Gasteiger partial charge < -0.3 is 14.2 Å². The fourth-order valence-electron chi connectivity index (χ4n) is 4.57. The molecular formula is C28H35BrN2O6S. The van der Waals surface area contributed by atoms with Gasteiger partial charge in [0.25, 0.3) is 5.56 Å². The van der Waals surface area contributed by atoms with Gasteiger partial charge in [-0.2, -0.15) is 0 Å².